The first-order valence-corrected chi connectivity index (χ1v) is 8.33. The Labute approximate surface area is 132 Å². The summed E-state index contributed by atoms with van der Waals surface area (Å²) in [4.78, 5) is 0. The van der Waals surface area contributed by atoms with E-state index < -0.39 is 0 Å². The molecular formula is C20H34O. The average molecular weight is 290 g/mol. The largest absolute Gasteiger partial charge is 0.372 e. The summed E-state index contributed by atoms with van der Waals surface area (Å²) >= 11 is 0. The molecule has 1 rings (SSSR count). The molecular weight excluding hydrogens is 256 g/mol. The van der Waals surface area contributed by atoms with Gasteiger partial charge in [-0.05, 0) is 22.8 Å². The summed E-state index contributed by atoms with van der Waals surface area (Å²) in [6.07, 6.45) is 5.00. The van der Waals surface area contributed by atoms with Crippen LogP contribution in [0.25, 0.3) is 0 Å². The Balaban J connectivity index is 3.31. The second-order valence-electron chi connectivity index (χ2n) is 7.84. The smallest absolute Gasteiger partial charge is 0.103 e. The van der Waals surface area contributed by atoms with Crippen LogP contribution in [-0.2, 0) is 10.3 Å². The summed E-state index contributed by atoms with van der Waals surface area (Å²) in [5.41, 5.74) is 1.12. The van der Waals surface area contributed by atoms with Gasteiger partial charge in [-0.1, -0.05) is 91.1 Å². The van der Waals surface area contributed by atoms with Crippen LogP contribution in [0.5, 0.6) is 0 Å². The molecule has 0 bridgehead atoms. The van der Waals surface area contributed by atoms with Crippen LogP contribution in [0.2, 0.25) is 0 Å². The van der Waals surface area contributed by atoms with Crippen LogP contribution in [0.15, 0.2) is 30.3 Å². The minimum Gasteiger partial charge on any atom is -0.372 e. The van der Waals surface area contributed by atoms with Gasteiger partial charge in [0.15, 0.2) is 0 Å². The molecule has 0 saturated carbocycles. The molecule has 0 amide bonds. The van der Waals surface area contributed by atoms with E-state index in [1.54, 1.807) is 0 Å². The van der Waals surface area contributed by atoms with Gasteiger partial charge in [0.05, 0.1) is 0 Å². The molecule has 1 atom stereocenters. The maximum absolute atomic E-state index is 6.28. The summed E-state index contributed by atoms with van der Waals surface area (Å²) in [5.74, 6) is 0. The van der Waals surface area contributed by atoms with E-state index >= 15 is 0 Å². The van der Waals surface area contributed by atoms with Crippen LogP contribution in [-0.4, -0.2) is 7.11 Å². The minimum absolute atomic E-state index is 0.0266. The monoisotopic (exact) mass is 290 g/mol. The predicted octanol–water partition coefficient (Wildman–Crippen LogP) is 6.18. The number of ether oxygens (including phenoxy) is 1. The molecule has 0 aliphatic rings. The number of unbranched alkanes of at least 4 members (excludes halogenated alkanes) is 2. The van der Waals surface area contributed by atoms with Crippen molar-refractivity contribution < 1.29 is 4.74 Å². The minimum atomic E-state index is -0.283. The number of hydrogen-bond donors (Lipinski definition) is 0. The molecule has 1 aromatic rings. The molecule has 0 fully saturated rings. The first-order valence-electron chi connectivity index (χ1n) is 8.33. The van der Waals surface area contributed by atoms with Crippen molar-refractivity contribution in [2.45, 2.75) is 72.8 Å². The Hall–Kier alpha value is -0.820. The fraction of sp³-hybridized carbons (Fsp3) is 0.700. The summed E-state index contributed by atoms with van der Waals surface area (Å²) < 4.78 is 6.28. The van der Waals surface area contributed by atoms with Crippen molar-refractivity contribution in [1.82, 2.24) is 0 Å². The topological polar surface area (TPSA) is 9.23 Å². The third-order valence-corrected chi connectivity index (χ3v) is 4.90. The third-order valence-electron chi connectivity index (χ3n) is 4.90. The lowest BCUT2D eigenvalue weighted by atomic mass is 9.57. The number of hydrogen-bond acceptors (Lipinski definition) is 1. The molecule has 21 heavy (non-hydrogen) atoms. The van der Waals surface area contributed by atoms with Crippen molar-refractivity contribution >= 4 is 0 Å². The Morgan fingerprint density at radius 1 is 0.905 bits per heavy atom. The maximum Gasteiger partial charge on any atom is 0.103 e. The Bertz CT molecular complexity index is 413. The van der Waals surface area contributed by atoms with E-state index in [2.05, 4.69) is 71.9 Å². The molecule has 0 aliphatic heterocycles. The molecule has 1 nitrogen and oxygen atoms in total. The zero-order chi connectivity index (χ0) is 16.1. The Kier molecular flexibility index (Phi) is 6.04. The highest BCUT2D eigenvalue weighted by molar-refractivity contribution is 5.28. The second-order valence-corrected chi connectivity index (χ2v) is 7.84. The third kappa shape index (κ3) is 3.51. The molecule has 0 saturated heterocycles. The number of benzene rings is 1. The average Bonchev–Trinajstić information content (AvgIpc) is 2.39. The Morgan fingerprint density at radius 2 is 1.48 bits per heavy atom. The molecule has 0 radical (unpaired) electrons. The molecule has 0 aromatic heterocycles. The molecule has 0 spiro atoms. The zero-order valence-corrected chi connectivity index (χ0v) is 15.1. The standard InChI is InChI=1S/C20H34O/c1-8-9-13-16-19(5,6)20(21-7,18(2,3)4)17-14-11-10-12-15-17/h10-12,14-15H,8-9,13,16H2,1-7H3. The number of methoxy groups -OCH3 is 1. The van der Waals surface area contributed by atoms with E-state index in [0.717, 1.165) is 0 Å². The quantitative estimate of drug-likeness (QED) is 0.545. The van der Waals surface area contributed by atoms with Gasteiger partial charge in [-0.15, -0.1) is 0 Å². The summed E-state index contributed by atoms with van der Waals surface area (Å²) in [6.45, 7) is 13.9. The van der Waals surface area contributed by atoms with Crippen LogP contribution in [0, 0.1) is 10.8 Å². The highest BCUT2D eigenvalue weighted by atomic mass is 16.5. The van der Waals surface area contributed by atoms with Crippen molar-refractivity contribution in [2.75, 3.05) is 7.11 Å². The van der Waals surface area contributed by atoms with Crippen molar-refractivity contribution in [3.8, 4) is 0 Å². The molecule has 1 unspecified atom stereocenters. The van der Waals surface area contributed by atoms with E-state index in [1.807, 2.05) is 7.11 Å². The lowest BCUT2D eigenvalue weighted by Gasteiger charge is -2.54. The second kappa shape index (κ2) is 6.96. The van der Waals surface area contributed by atoms with Crippen LogP contribution >= 0.6 is 0 Å². The van der Waals surface area contributed by atoms with Crippen LogP contribution in [0.3, 0.4) is 0 Å². The van der Waals surface area contributed by atoms with E-state index in [9.17, 15) is 0 Å². The highest BCUT2D eigenvalue weighted by Crippen LogP contribution is 2.55. The molecule has 0 N–H and O–H groups in total. The van der Waals surface area contributed by atoms with Crippen molar-refractivity contribution in [2.24, 2.45) is 10.8 Å². The van der Waals surface area contributed by atoms with Gasteiger partial charge >= 0.3 is 0 Å². The SMILES string of the molecule is CCCCCC(C)(C)C(OC)(c1ccccc1)C(C)(C)C. The predicted molar refractivity (Wildman–Crippen MR) is 92.5 cm³/mol. The summed E-state index contributed by atoms with van der Waals surface area (Å²) in [5, 5.41) is 0. The van der Waals surface area contributed by atoms with Gasteiger partial charge in [0, 0.05) is 7.11 Å². The van der Waals surface area contributed by atoms with E-state index in [-0.39, 0.29) is 16.4 Å². The van der Waals surface area contributed by atoms with Crippen molar-refractivity contribution in [3.63, 3.8) is 0 Å². The zero-order valence-electron chi connectivity index (χ0n) is 15.1. The van der Waals surface area contributed by atoms with Crippen LogP contribution in [0.1, 0.15) is 72.8 Å². The van der Waals surface area contributed by atoms with Gasteiger partial charge in [0.1, 0.15) is 5.60 Å². The first-order chi connectivity index (χ1) is 9.73. The summed E-state index contributed by atoms with van der Waals surface area (Å²) in [7, 11) is 1.87. The van der Waals surface area contributed by atoms with Crippen molar-refractivity contribution in [1.29, 1.82) is 0 Å². The summed E-state index contributed by atoms with van der Waals surface area (Å²) in [6, 6.07) is 10.8. The number of rotatable bonds is 7. The van der Waals surface area contributed by atoms with Gasteiger partial charge in [-0.3, -0.25) is 0 Å². The van der Waals surface area contributed by atoms with Gasteiger partial charge in [-0.2, -0.15) is 0 Å². The van der Waals surface area contributed by atoms with Gasteiger partial charge in [0.2, 0.25) is 0 Å². The lowest BCUT2D eigenvalue weighted by molar-refractivity contribution is -0.180. The van der Waals surface area contributed by atoms with E-state index in [0.29, 0.717) is 0 Å². The Morgan fingerprint density at radius 3 is 1.90 bits per heavy atom. The molecule has 1 aromatic carbocycles. The molecule has 0 heterocycles. The van der Waals surface area contributed by atoms with E-state index in [1.165, 1.54) is 31.2 Å². The van der Waals surface area contributed by atoms with E-state index in [4.69, 9.17) is 4.74 Å². The normalized spacial score (nSPS) is 15.8. The maximum atomic E-state index is 6.28. The molecule has 0 aliphatic carbocycles. The first kappa shape index (κ1) is 18.2. The lowest BCUT2D eigenvalue weighted by Crippen LogP contribution is -2.53. The van der Waals surface area contributed by atoms with Crippen LogP contribution < -0.4 is 0 Å². The molecule has 120 valence electrons. The van der Waals surface area contributed by atoms with Gasteiger partial charge in [-0.25, -0.2) is 0 Å². The highest BCUT2D eigenvalue weighted by Gasteiger charge is 2.54. The van der Waals surface area contributed by atoms with Crippen LogP contribution in [0.4, 0.5) is 0 Å². The fourth-order valence-corrected chi connectivity index (χ4v) is 4.21. The van der Waals surface area contributed by atoms with Gasteiger partial charge < -0.3 is 4.74 Å². The van der Waals surface area contributed by atoms with Gasteiger partial charge in [0.25, 0.3) is 0 Å². The molecule has 1 heteroatoms. The van der Waals surface area contributed by atoms with Crippen molar-refractivity contribution in [3.05, 3.63) is 35.9 Å². The fourth-order valence-electron chi connectivity index (χ4n) is 4.21.